The van der Waals surface area contributed by atoms with E-state index in [-0.39, 0.29) is 15.8 Å². The molecule has 0 saturated heterocycles. The second-order valence-corrected chi connectivity index (χ2v) is 14.2. The van der Waals surface area contributed by atoms with Crippen molar-refractivity contribution < 1.29 is 0 Å². The third-order valence-corrected chi connectivity index (χ3v) is 10.6. The molecule has 1 aromatic carbocycles. The normalized spacial score (nSPS) is 24.4. The van der Waals surface area contributed by atoms with Gasteiger partial charge in [0.25, 0.3) is 0 Å². The Kier molecular flexibility index (Phi) is 10.4. The van der Waals surface area contributed by atoms with Crippen LogP contribution in [0.4, 0.5) is 0 Å². The summed E-state index contributed by atoms with van der Waals surface area (Å²) >= 11 is 2.65. The van der Waals surface area contributed by atoms with Crippen molar-refractivity contribution in [2.24, 2.45) is 17.8 Å². The van der Waals surface area contributed by atoms with E-state index in [1.54, 1.807) is 0 Å². The Bertz CT molecular complexity index is 1860. The highest BCUT2D eigenvalue weighted by Crippen LogP contribution is 2.47. The summed E-state index contributed by atoms with van der Waals surface area (Å²) in [6, 6.07) is 14.5. The number of pyridine rings is 1. The number of rotatable bonds is 9. The molecular weight excluding hydrogens is 687 g/mol. The van der Waals surface area contributed by atoms with Crippen LogP contribution in [0.25, 0.3) is 23.0 Å². The zero-order valence-corrected chi connectivity index (χ0v) is 29.9. The van der Waals surface area contributed by atoms with E-state index in [2.05, 4.69) is 135 Å². The predicted molar refractivity (Wildman–Crippen MR) is 205 cm³/mol. The van der Waals surface area contributed by atoms with Gasteiger partial charge in [0, 0.05) is 34.9 Å². The molecule has 6 rings (SSSR count). The van der Waals surface area contributed by atoms with Gasteiger partial charge in [0.15, 0.2) is 17.5 Å². The first-order valence-corrected chi connectivity index (χ1v) is 17.9. The first kappa shape index (κ1) is 33.0. The van der Waals surface area contributed by atoms with Crippen LogP contribution in [-0.2, 0) is 0 Å². The molecule has 3 aliphatic carbocycles. The molecule has 5 heteroatoms. The van der Waals surface area contributed by atoms with Crippen molar-refractivity contribution in [2.75, 3.05) is 0 Å². The molecule has 0 spiro atoms. The summed E-state index contributed by atoms with van der Waals surface area (Å²) in [4.78, 5) is 19.7. The minimum absolute atomic E-state index is 0.135. The standard InChI is InChI=1S/C42H43IN4/c1-6-30-23-32-18-11-12-19-35(32)38(30)26-39(43)37-25-33(24-36(28(37)4)34-20-14-22-44-29(34)5)42-46-40(21-13-10-15-27(2)3)45-41(47-42)31-16-8-7-9-17-31/h6-9,11-14,16-22,24-26,28,32,35-36,39H,2,10,15,23H2,1,3-5H3/b21-13+,30-6-,38-26+. The van der Waals surface area contributed by atoms with Gasteiger partial charge < -0.3 is 0 Å². The van der Waals surface area contributed by atoms with E-state index < -0.39 is 0 Å². The minimum Gasteiger partial charge on any atom is -0.261 e. The molecule has 1 fully saturated rings. The highest BCUT2D eigenvalue weighted by Gasteiger charge is 2.35. The molecule has 2 aromatic heterocycles. The van der Waals surface area contributed by atoms with Crippen LogP contribution in [0.15, 0.2) is 132 Å². The van der Waals surface area contributed by atoms with Gasteiger partial charge in [-0.05, 0) is 86.3 Å². The number of allylic oxidation sites excluding steroid dienone is 14. The van der Waals surface area contributed by atoms with E-state index in [1.165, 1.54) is 27.9 Å². The van der Waals surface area contributed by atoms with Crippen molar-refractivity contribution in [3.05, 3.63) is 155 Å². The average molecular weight is 731 g/mol. The number of hydrogen-bond acceptors (Lipinski definition) is 4. The van der Waals surface area contributed by atoms with Crippen molar-refractivity contribution in [3.8, 4) is 11.4 Å². The summed E-state index contributed by atoms with van der Waals surface area (Å²) in [6.45, 7) is 12.8. The van der Waals surface area contributed by atoms with Crippen molar-refractivity contribution in [1.82, 2.24) is 19.9 Å². The van der Waals surface area contributed by atoms with Gasteiger partial charge in [-0.2, -0.15) is 0 Å². The molecule has 3 aromatic rings. The van der Waals surface area contributed by atoms with Gasteiger partial charge in [-0.25, -0.2) is 15.0 Å². The Morgan fingerprint density at radius 1 is 1.02 bits per heavy atom. The Hall–Kier alpha value is -3.97. The van der Waals surface area contributed by atoms with Crippen LogP contribution in [0, 0.1) is 24.7 Å². The molecule has 0 N–H and O–H groups in total. The van der Waals surface area contributed by atoms with Gasteiger partial charge in [0.1, 0.15) is 0 Å². The quantitative estimate of drug-likeness (QED) is 0.125. The second-order valence-electron chi connectivity index (χ2n) is 12.9. The summed E-state index contributed by atoms with van der Waals surface area (Å²) < 4.78 is 0.200. The summed E-state index contributed by atoms with van der Waals surface area (Å²) in [5.41, 5.74) is 9.77. The molecule has 3 aliphatic rings. The third kappa shape index (κ3) is 7.46. The van der Waals surface area contributed by atoms with Crippen molar-refractivity contribution in [3.63, 3.8) is 0 Å². The molecule has 0 aliphatic heterocycles. The van der Waals surface area contributed by atoms with Gasteiger partial charge in [0.2, 0.25) is 0 Å². The van der Waals surface area contributed by atoms with E-state index in [0.29, 0.717) is 29.3 Å². The lowest BCUT2D eigenvalue weighted by Gasteiger charge is -2.32. The van der Waals surface area contributed by atoms with Crippen LogP contribution >= 0.6 is 22.6 Å². The fourth-order valence-corrected chi connectivity index (χ4v) is 8.07. The molecule has 0 bridgehead atoms. The Morgan fingerprint density at radius 2 is 1.81 bits per heavy atom. The Morgan fingerprint density at radius 3 is 2.57 bits per heavy atom. The van der Waals surface area contributed by atoms with E-state index in [0.717, 1.165) is 36.1 Å². The lowest BCUT2D eigenvalue weighted by atomic mass is 9.75. The number of aromatic nitrogens is 4. The number of fused-ring (bicyclic) bond motifs is 1. The number of halogens is 1. The number of nitrogens with zero attached hydrogens (tertiary/aromatic N) is 4. The number of hydrogen-bond donors (Lipinski definition) is 0. The predicted octanol–water partition coefficient (Wildman–Crippen LogP) is 10.8. The zero-order chi connectivity index (χ0) is 32.9. The molecule has 5 unspecified atom stereocenters. The van der Waals surface area contributed by atoms with E-state index in [1.807, 2.05) is 36.5 Å². The van der Waals surface area contributed by atoms with E-state index >= 15 is 0 Å². The van der Waals surface area contributed by atoms with Gasteiger partial charge in [-0.3, -0.25) is 4.98 Å². The maximum Gasteiger partial charge on any atom is 0.164 e. The monoisotopic (exact) mass is 730 g/mol. The van der Waals surface area contributed by atoms with Crippen LogP contribution < -0.4 is 0 Å². The molecule has 2 heterocycles. The molecule has 5 atom stereocenters. The molecule has 238 valence electrons. The molecule has 0 radical (unpaired) electrons. The Balaban J connectivity index is 1.46. The van der Waals surface area contributed by atoms with E-state index in [4.69, 9.17) is 15.0 Å². The Labute approximate surface area is 293 Å². The topological polar surface area (TPSA) is 51.6 Å². The minimum atomic E-state index is 0.135. The molecule has 47 heavy (non-hydrogen) atoms. The largest absolute Gasteiger partial charge is 0.261 e. The highest BCUT2D eigenvalue weighted by atomic mass is 127. The van der Waals surface area contributed by atoms with Gasteiger partial charge in [0.05, 0.1) is 3.92 Å². The average Bonchev–Trinajstić information content (AvgIpc) is 3.44. The number of alkyl halides is 1. The van der Waals surface area contributed by atoms with Crippen molar-refractivity contribution in [1.29, 1.82) is 0 Å². The molecule has 4 nitrogen and oxygen atoms in total. The fraction of sp³-hybridized carbons (Fsp3) is 0.286. The van der Waals surface area contributed by atoms with Crippen LogP contribution in [-0.4, -0.2) is 23.9 Å². The maximum atomic E-state index is 5.09. The SMILES string of the molecule is C=C(C)CC/C=C/c1nc(C2=CC(c3cccnc3C)C(C)C(C(I)/C=C3\C(=C/C)CC4C=CC=CC34)=C2)nc(-c2ccccc2)n1. The van der Waals surface area contributed by atoms with Gasteiger partial charge in [-0.15, -0.1) is 6.58 Å². The summed E-state index contributed by atoms with van der Waals surface area (Å²) in [5, 5.41) is 0. The third-order valence-electron chi connectivity index (χ3n) is 9.53. The molecule has 0 amide bonds. The first-order valence-electron chi connectivity index (χ1n) is 16.7. The maximum absolute atomic E-state index is 5.09. The lowest BCUT2D eigenvalue weighted by molar-refractivity contribution is 0.585. The van der Waals surface area contributed by atoms with Gasteiger partial charge >= 0.3 is 0 Å². The summed E-state index contributed by atoms with van der Waals surface area (Å²) in [7, 11) is 0. The summed E-state index contributed by atoms with van der Waals surface area (Å²) in [6.07, 6.45) is 27.7. The van der Waals surface area contributed by atoms with Crippen LogP contribution in [0.3, 0.4) is 0 Å². The number of benzene rings is 1. The highest BCUT2D eigenvalue weighted by molar-refractivity contribution is 14.1. The summed E-state index contributed by atoms with van der Waals surface area (Å²) in [5.74, 6) is 3.43. The van der Waals surface area contributed by atoms with Crippen LogP contribution in [0.1, 0.15) is 68.9 Å². The lowest BCUT2D eigenvalue weighted by Crippen LogP contribution is -2.21. The second kappa shape index (κ2) is 14.8. The smallest absolute Gasteiger partial charge is 0.164 e. The van der Waals surface area contributed by atoms with Crippen molar-refractivity contribution in [2.45, 2.75) is 56.8 Å². The van der Waals surface area contributed by atoms with Crippen LogP contribution in [0.2, 0.25) is 0 Å². The zero-order valence-electron chi connectivity index (χ0n) is 27.8. The fourth-order valence-electron chi connectivity index (χ4n) is 6.94. The van der Waals surface area contributed by atoms with Gasteiger partial charge in [-0.1, -0.05) is 126 Å². The molecular formula is C42H43IN4. The van der Waals surface area contributed by atoms with E-state index in [9.17, 15) is 0 Å². The molecule has 1 saturated carbocycles. The first-order chi connectivity index (χ1) is 22.8. The van der Waals surface area contributed by atoms with Crippen LogP contribution in [0.5, 0.6) is 0 Å². The van der Waals surface area contributed by atoms with Crippen molar-refractivity contribution >= 4 is 34.2 Å². The number of aryl methyl sites for hydroxylation is 1.